The number of hydrogen-bond acceptors (Lipinski definition) is 4. The highest BCUT2D eigenvalue weighted by molar-refractivity contribution is 7.09. The fraction of sp³-hybridized carbons (Fsp3) is 0.769. The van der Waals surface area contributed by atoms with E-state index in [2.05, 4.69) is 24.1 Å². The van der Waals surface area contributed by atoms with Crippen LogP contribution < -0.4 is 5.32 Å². The van der Waals surface area contributed by atoms with Crippen molar-refractivity contribution in [2.45, 2.75) is 51.2 Å². The summed E-state index contributed by atoms with van der Waals surface area (Å²) in [7, 11) is 0. The van der Waals surface area contributed by atoms with Crippen molar-refractivity contribution in [2.75, 3.05) is 13.2 Å². The first kappa shape index (κ1) is 13.0. The molecular weight excluding hydrogens is 232 g/mol. The zero-order valence-corrected chi connectivity index (χ0v) is 11.6. The van der Waals surface area contributed by atoms with Crippen LogP contribution in [0, 0.1) is 0 Å². The van der Waals surface area contributed by atoms with Gasteiger partial charge in [-0.15, -0.1) is 11.3 Å². The van der Waals surface area contributed by atoms with Crippen LogP contribution in [0.1, 0.15) is 44.5 Å². The zero-order valence-electron chi connectivity index (χ0n) is 10.7. The van der Waals surface area contributed by atoms with Gasteiger partial charge in [0.2, 0.25) is 0 Å². The van der Waals surface area contributed by atoms with Gasteiger partial charge in [0.05, 0.1) is 11.6 Å². The van der Waals surface area contributed by atoms with Crippen molar-refractivity contribution in [3.63, 3.8) is 0 Å². The average Bonchev–Trinajstić information content (AvgIpc) is 2.97. The van der Waals surface area contributed by atoms with Gasteiger partial charge in [-0.2, -0.15) is 0 Å². The lowest BCUT2D eigenvalue weighted by atomic mass is 10.1. The maximum Gasteiger partial charge on any atom is 0.112 e. The van der Waals surface area contributed by atoms with Gasteiger partial charge in [0.25, 0.3) is 0 Å². The molecule has 0 saturated carbocycles. The summed E-state index contributed by atoms with van der Waals surface area (Å²) in [4.78, 5) is 4.38. The van der Waals surface area contributed by atoms with E-state index in [1.165, 1.54) is 25.7 Å². The maximum atomic E-state index is 5.62. The molecule has 1 saturated heterocycles. The molecule has 0 aromatic carbocycles. The third kappa shape index (κ3) is 3.76. The molecule has 0 spiro atoms. The van der Waals surface area contributed by atoms with Gasteiger partial charge in [-0.1, -0.05) is 0 Å². The molecule has 4 heteroatoms. The molecule has 0 aliphatic carbocycles. The molecule has 2 heterocycles. The Hall–Kier alpha value is -0.450. The van der Waals surface area contributed by atoms with E-state index >= 15 is 0 Å². The first-order valence-corrected chi connectivity index (χ1v) is 7.33. The van der Waals surface area contributed by atoms with Gasteiger partial charge in [0.15, 0.2) is 0 Å². The molecule has 0 radical (unpaired) electrons. The second kappa shape index (κ2) is 5.94. The zero-order chi connectivity index (χ0) is 12.1. The third-order valence-electron chi connectivity index (χ3n) is 3.26. The number of ether oxygens (including phenoxy) is 1. The van der Waals surface area contributed by atoms with Gasteiger partial charge < -0.3 is 10.1 Å². The lowest BCUT2D eigenvalue weighted by Crippen LogP contribution is -2.37. The largest absolute Gasteiger partial charge is 0.378 e. The van der Waals surface area contributed by atoms with Crippen molar-refractivity contribution in [1.29, 1.82) is 0 Å². The van der Waals surface area contributed by atoms with Crippen LogP contribution in [0.2, 0.25) is 0 Å². The fourth-order valence-electron chi connectivity index (χ4n) is 2.21. The topological polar surface area (TPSA) is 34.1 Å². The van der Waals surface area contributed by atoms with Crippen LogP contribution in [-0.2, 0) is 10.3 Å². The normalized spacial score (nSPS) is 20.9. The number of hydrogen-bond donors (Lipinski definition) is 1. The summed E-state index contributed by atoms with van der Waals surface area (Å²) < 4.78 is 5.62. The highest BCUT2D eigenvalue weighted by Gasteiger charge is 2.22. The summed E-state index contributed by atoms with van der Waals surface area (Å²) in [6.07, 6.45) is 7.23. The summed E-state index contributed by atoms with van der Waals surface area (Å²) in [6.45, 7) is 6.38. The third-order valence-corrected chi connectivity index (χ3v) is 4.36. The Morgan fingerprint density at radius 1 is 1.59 bits per heavy atom. The molecule has 1 N–H and O–H groups in total. The monoisotopic (exact) mass is 254 g/mol. The summed E-state index contributed by atoms with van der Waals surface area (Å²) in [5, 5.41) is 6.77. The van der Waals surface area contributed by atoms with Crippen LogP contribution in [0.25, 0.3) is 0 Å². The molecule has 1 aliphatic rings. The van der Waals surface area contributed by atoms with Gasteiger partial charge >= 0.3 is 0 Å². The summed E-state index contributed by atoms with van der Waals surface area (Å²) in [5.41, 5.74) is -0.00923. The first-order valence-electron chi connectivity index (χ1n) is 6.45. The van der Waals surface area contributed by atoms with Crippen molar-refractivity contribution in [2.24, 2.45) is 0 Å². The minimum Gasteiger partial charge on any atom is -0.378 e. The molecule has 17 heavy (non-hydrogen) atoms. The van der Waals surface area contributed by atoms with Gasteiger partial charge in [-0.3, -0.25) is 0 Å². The van der Waals surface area contributed by atoms with Crippen molar-refractivity contribution in [3.8, 4) is 0 Å². The van der Waals surface area contributed by atoms with E-state index in [0.717, 1.165) is 18.2 Å². The van der Waals surface area contributed by atoms with Crippen LogP contribution in [0.15, 0.2) is 11.6 Å². The Bertz CT molecular complexity index is 318. The van der Waals surface area contributed by atoms with Crippen LogP contribution >= 0.6 is 11.3 Å². The number of thiazole rings is 1. The molecule has 1 unspecified atom stereocenters. The minimum atomic E-state index is -0.00923. The molecule has 1 aromatic rings. The molecule has 1 aromatic heterocycles. The van der Waals surface area contributed by atoms with Crippen molar-refractivity contribution < 1.29 is 4.74 Å². The Labute approximate surface area is 108 Å². The number of rotatable bonds is 6. The summed E-state index contributed by atoms with van der Waals surface area (Å²) in [5.74, 6) is 0. The predicted molar refractivity (Wildman–Crippen MR) is 71.4 cm³/mol. The lowest BCUT2D eigenvalue weighted by molar-refractivity contribution is 0.102. The van der Waals surface area contributed by atoms with E-state index < -0.39 is 0 Å². The van der Waals surface area contributed by atoms with Crippen molar-refractivity contribution in [3.05, 3.63) is 16.6 Å². The number of aromatic nitrogens is 1. The smallest absolute Gasteiger partial charge is 0.112 e. The van der Waals surface area contributed by atoms with Crippen LogP contribution in [0.3, 0.4) is 0 Å². The van der Waals surface area contributed by atoms with Crippen LogP contribution in [0.4, 0.5) is 0 Å². The van der Waals surface area contributed by atoms with E-state index in [4.69, 9.17) is 4.74 Å². The fourth-order valence-corrected chi connectivity index (χ4v) is 2.95. The SMILES string of the molecule is CC(C)(NCCCC1CCCO1)c1nccs1. The molecule has 1 aliphatic heterocycles. The van der Waals surface area contributed by atoms with Crippen molar-refractivity contribution in [1.82, 2.24) is 10.3 Å². The maximum absolute atomic E-state index is 5.62. The van der Waals surface area contributed by atoms with Gasteiger partial charge in [-0.25, -0.2) is 4.98 Å². The Kier molecular flexibility index (Phi) is 4.54. The van der Waals surface area contributed by atoms with E-state index in [0.29, 0.717) is 6.10 Å². The molecule has 96 valence electrons. The Morgan fingerprint density at radius 3 is 3.12 bits per heavy atom. The van der Waals surface area contributed by atoms with E-state index in [1.807, 2.05) is 11.6 Å². The average molecular weight is 254 g/mol. The van der Waals surface area contributed by atoms with Gasteiger partial charge in [0.1, 0.15) is 5.01 Å². The second-order valence-electron chi connectivity index (χ2n) is 5.17. The highest BCUT2D eigenvalue weighted by atomic mass is 32.1. The molecule has 0 bridgehead atoms. The Morgan fingerprint density at radius 2 is 2.47 bits per heavy atom. The lowest BCUT2D eigenvalue weighted by Gasteiger charge is -2.24. The predicted octanol–water partition coefficient (Wildman–Crippen LogP) is 2.93. The molecule has 2 rings (SSSR count). The molecule has 3 nitrogen and oxygen atoms in total. The minimum absolute atomic E-state index is 0.00923. The Balaban J connectivity index is 1.67. The van der Waals surface area contributed by atoms with E-state index in [1.54, 1.807) is 11.3 Å². The van der Waals surface area contributed by atoms with Crippen LogP contribution in [-0.4, -0.2) is 24.2 Å². The van der Waals surface area contributed by atoms with Gasteiger partial charge in [0, 0.05) is 18.2 Å². The molecule has 1 fully saturated rings. The molecule has 1 atom stereocenters. The summed E-state index contributed by atoms with van der Waals surface area (Å²) in [6, 6.07) is 0. The van der Waals surface area contributed by atoms with E-state index in [-0.39, 0.29) is 5.54 Å². The highest BCUT2D eigenvalue weighted by Crippen LogP contribution is 2.22. The molecular formula is C13H22N2OS. The standard InChI is InChI=1S/C13H22N2OS/c1-13(2,12-14-8-10-17-12)15-7-3-5-11-6-4-9-16-11/h8,10-11,15H,3-7,9H2,1-2H3. The quantitative estimate of drug-likeness (QED) is 0.793. The second-order valence-corrected chi connectivity index (χ2v) is 6.06. The number of nitrogens with zero attached hydrogens (tertiary/aromatic N) is 1. The van der Waals surface area contributed by atoms with Crippen molar-refractivity contribution >= 4 is 11.3 Å². The summed E-state index contributed by atoms with van der Waals surface area (Å²) >= 11 is 1.71. The van der Waals surface area contributed by atoms with Gasteiger partial charge in [-0.05, 0) is 46.1 Å². The first-order chi connectivity index (χ1) is 8.18. The van der Waals surface area contributed by atoms with E-state index in [9.17, 15) is 0 Å². The molecule has 0 amide bonds. The van der Waals surface area contributed by atoms with Crippen LogP contribution in [0.5, 0.6) is 0 Å². The number of nitrogens with one attached hydrogen (secondary N) is 1.